The van der Waals surface area contributed by atoms with Crippen LogP contribution in [0.25, 0.3) is 0 Å². The van der Waals surface area contributed by atoms with E-state index in [0.717, 1.165) is 4.90 Å². The second-order valence-electron chi connectivity index (χ2n) is 6.46. The molecular formula is C19H22F3N3O4. The van der Waals surface area contributed by atoms with Crippen molar-refractivity contribution in [2.24, 2.45) is 5.92 Å². The quantitative estimate of drug-likeness (QED) is 0.702. The molecule has 2 N–H and O–H groups in total. The zero-order valence-corrected chi connectivity index (χ0v) is 15.6. The van der Waals surface area contributed by atoms with Crippen LogP contribution in [-0.2, 0) is 9.53 Å². The number of carbonyl (C=O) groups is 3. The van der Waals surface area contributed by atoms with Crippen LogP contribution in [0.15, 0.2) is 36.9 Å². The van der Waals surface area contributed by atoms with Crippen molar-refractivity contribution in [3.05, 3.63) is 42.5 Å². The van der Waals surface area contributed by atoms with Crippen molar-refractivity contribution >= 4 is 23.6 Å². The molecule has 0 spiro atoms. The molecule has 2 rings (SSSR count). The molecule has 0 atom stereocenters. The van der Waals surface area contributed by atoms with Crippen LogP contribution in [0.4, 0.5) is 23.7 Å². The number of piperidine rings is 1. The predicted molar refractivity (Wildman–Crippen MR) is 99.3 cm³/mol. The average molecular weight is 413 g/mol. The van der Waals surface area contributed by atoms with E-state index in [1.807, 2.05) is 0 Å². The fourth-order valence-corrected chi connectivity index (χ4v) is 2.84. The van der Waals surface area contributed by atoms with Crippen molar-refractivity contribution < 1.29 is 32.3 Å². The maximum Gasteiger partial charge on any atom is 0.422 e. The number of carbonyl (C=O) groups excluding carboxylic acids is 3. The second kappa shape index (κ2) is 9.94. The fraction of sp³-hybridized carbons (Fsp3) is 0.421. The summed E-state index contributed by atoms with van der Waals surface area (Å²) >= 11 is 0. The number of nitrogens with one attached hydrogen (secondary N) is 2. The molecule has 0 aliphatic carbocycles. The zero-order chi connectivity index (χ0) is 21.4. The summed E-state index contributed by atoms with van der Waals surface area (Å²) in [5.74, 6) is -1.12. The summed E-state index contributed by atoms with van der Waals surface area (Å²) in [6, 6.07) is 6.53. The molecule has 1 aliphatic heterocycles. The van der Waals surface area contributed by atoms with E-state index < -0.39 is 24.8 Å². The molecule has 29 heavy (non-hydrogen) atoms. The predicted octanol–water partition coefficient (Wildman–Crippen LogP) is 2.95. The first kappa shape index (κ1) is 22.3. The summed E-state index contributed by atoms with van der Waals surface area (Å²) in [7, 11) is 0. The first-order chi connectivity index (χ1) is 13.7. The molecule has 0 bridgehead atoms. The molecule has 3 amide bonds. The van der Waals surface area contributed by atoms with E-state index in [9.17, 15) is 27.6 Å². The normalized spacial score (nSPS) is 14.8. The Morgan fingerprint density at radius 2 is 1.86 bits per heavy atom. The number of halogens is 3. The van der Waals surface area contributed by atoms with Crippen LogP contribution in [0.1, 0.15) is 23.2 Å². The molecule has 0 saturated carbocycles. The van der Waals surface area contributed by atoms with Crippen LogP contribution >= 0.6 is 0 Å². The molecule has 1 aliphatic rings. The number of alkyl halides is 3. The van der Waals surface area contributed by atoms with Crippen LogP contribution in [0, 0.1) is 5.92 Å². The Kier molecular flexibility index (Phi) is 7.63. The molecule has 1 aromatic rings. The average Bonchev–Trinajstić information content (AvgIpc) is 2.70. The summed E-state index contributed by atoms with van der Waals surface area (Å²) in [4.78, 5) is 37.5. The van der Waals surface area contributed by atoms with Gasteiger partial charge in [0, 0.05) is 25.6 Å². The van der Waals surface area contributed by atoms with Gasteiger partial charge in [-0.25, -0.2) is 4.79 Å². The van der Waals surface area contributed by atoms with Crippen LogP contribution in [-0.4, -0.2) is 55.2 Å². The molecule has 1 fully saturated rings. The van der Waals surface area contributed by atoms with E-state index >= 15 is 0 Å². The number of likely N-dealkylation sites (tertiary alicyclic amines) is 1. The SMILES string of the molecule is C=CCNC(=O)c1ccccc1NC(=O)C1CCN(C(=O)OCC(F)(F)F)CC1. The molecule has 158 valence electrons. The van der Waals surface area contributed by atoms with E-state index in [1.165, 1.54) is 6.08 Å². The number of benzene rings is 1. The fourth-order valence-electron chi connectivity index (χ4n) is 2.84. The summed E-state index contributed by atoms with van der Waals surface area (Å²) < 4.78 is 40.6. The molecule has 0 aromatic heterocycles. The van der Waals surface area contributed by atoms with Gasteiger partial charge in [-0.3, -0.25) is 9.59 Å². The van der Waals surface area contributed by atoms with Crippen LogP contribution in [0.2, 0.25) is 0 Å². The molecule has 0 unspecified atom stereocenters. The van der Waals surface area contributed by atoms with Gasteiger partial charge in [0.15, 0.2) is 6.61 Å². The van der Waals surface area contributed by atoms with Crippen molar-refractivity contribution in [2.75, 3.05) is 31.6 Å². The van der Waals surface area contributed by atoms with Gasteiger partial charge in [-0.2, -0.15) is 13.2 Å². The monoisotopic (exact) mass is 413 g/mol. The standard InChI is InChI=1S/C19H22F3N3O4/c1-2-9-23-17(27)14-5-3-4-6-15(14)24-16(26)13-7-10-25(11-8-13)18(28)29-12-19(20,21)22/h2-6,13H,1,7-12H2,(H,23,27)(H,24,26). The molecular weight excluding hydrogens is 391 g/mol. The highest BCUT2D eigenvalue weighted by Crippen LogP contribution is 2.22. The lowest BCUT2D eigenvalue weighted by Gasteiger charge is -2.30. The third-order valence-corrected chi connectivity index (χ3v) is 4.32. The van der Waals surface area contributed by atoms with Gasteiger partial charge < -0.3 is 20.3 Å². The van der Waals surface area contributed by atoms with Crippen molar-refractivity contribution in [3.8, 4) is 0 Å². The van der Waals surface area contributed by atoms with E-state index in [4.69, 9.17) is 0 Å². The van der Waals surface area contributed by atoms with Gasteiger partial charge in [0.25, 0.3) is 5.91 Å². The number of anilines is 1. The van der Waals surface area contributed by atoms with Gasteiger partial charge in [0.05, 0.1) is 11.3 Å². The molecule has 1 saturated heterocycles. The Balaban J connectivity index is 1.90. The minimum atomic E-state index is -4.58. The van der Waals surface area contributed by atoms with Gasteiger partial charge in [0.2, 0.25) is 5.91 Å². The Morgan fingerprint density at radius 3 is 2.48 bits per heavy atom. The maximum absolute atomic E-state index is 12.5. The van der Waals surface area contributed by atoms with Gasteiger partial charge in [0.1, 0.15) is 0 Å². The largest absolute Gasteiger partial charge is 0.440 e. The van der Waals surface area contributed by atoms with Crippen molar-refractivity contribution in [3.63, 3.8) is 0 Å². The van der Waals surface area contributed by atoms with Gasteiger partial charge in [-0.05, 0) is 25.0 Å². The highest BCUT2D eigenvalue weighted by atomic mass is 19.4. The minimum Gasteiger partial charge on any atom is -0.440 e. The van der Waals surface area contributed by atoms with Crippen LogP contribution in [0.3, 0.4) is 0 Å². The van der Waals surface area contributed by atoms with Gasteiger partial charge in [-0.1, -0.05) is 18.2 Å². The summed E-state index contributed by atoms with van der Waals surface area (Å²) in [6.07, 6.45) is -3.55. The van der Waals surface area contributed by atoms with E-state index in [1.54, 1.807) is 24.3 Å². The molecule has 0 radical (unpaired) electrons. The van der Waals surface area contributed by atoms with Crippen LogP contribution in [0.5, 0.6) is 0 Å². The lowest BCUT2D eigenvalue weighted by molar-refractivity contribution is -0.162. The highest BCUT2D eigenvalue weighted by molar-refractivity contribution is 6.04. The lowest BCUT2D eigenvalue weighted by atomic mass is 9.96. The summed E-state index contributed by atoms with van der Waals surface area (Å²) in [5.41, 5.74) is 0.655. The first-order valence-electron chi connectivity index (χ1n) is 8.98. The number of rotatable bonds is 6. The molecule has 10 heteroatoms. The smallest absolute Gasteiger partial charge is 0.422 e. The highest BCUT2D eigenvalue weighted by Gasteiger charge is 2.33. The van der Waals surface area contributed by atoms with Crippen molar-refractivity contribution in [1.29, 1.82) is 0 Å². The summed E-state index contributed by atoms with van der Waals surface area (Å²) in [6.45, 7) is 2.38. The van der Waals surface area contributed by atoms with Gasteiger partial charge >= 0.3 is 12.3 Å². The number of ether oxygens (including phenoxy) is 1. The van der Waals surface area contributed by atoms with Crippen molar-refractivity contribution in [1.82, 2.24) is 10.2 Å². The Labute approximate surface area is 165 Å². The Bertz CT molecular complexity index is 759. The maximum atomic E-state index is 12.5. The van der Waals surface area contributed by atoms with E-state index in [2.05, 4.69) is 21.9 Å². The first-order valence-corrected chi connectivity index (χ1v) is 8.98. The van der Waals surface area contributed by atoms with Crippen molar-refractivity contribution in [2.45, 2.75) is 19.0 Å². The summed E-state index contributed by atoms with van der Waals surface area (Å²) in [5, 5.41) is 5.35. The Morgan fingerprint density at radius 1 is 1.21 bits per heavy atom. The second-order valence-corrected chi connectivity index (χ2v) is 6.46. The third kappa shape index (κ3) is 6.81. The molecule has 1 heterocycles. The van der Waals surface area contributed by atoms with Gasteiger partial charge in [-0.15, -0.1) is 6.58 Å². The number of hydrogen-bond acceptors (Lipinski definition) is 4. The number of nitrogens with zero attached hydrogens (tertiary/aromatic N) is 1. The van der Waals surface area contributed by atoms with E-state index in [-0.39, 0.29) is 44.3 Å². The topological polar surface area (TPSA) is 87.7 Å². The Hall–Kier alpha value is -3.04. The molecule has 1 aromatic carbocycles. The number of para-hydroxylation sites is 1. The number of hydrogen-bond donors (Lipinski definition) is 2. The van der Waals surface area contributed by atoms with Crippen LogP contribution < -0.4 is 10.6 Å². The minimum absolute atomic E-state index is 0.107. The zero-order valence-electron chi connectivity index (χ0n) is 15.6. The number of amides is 3. The third-order valence-electron chi connectivity index (χ3n) is 4.32. The molecule has 7 nitrogen and oxygen atoms in total. The van der Waals surface area contributed by atoms with E-state index in [0.29, 0.717) is 11.3 Å². The lowest BCUT2D eigenvalue weighted by Crippen LogP contribution is -2.42.